The normalized spacial score (nSPS) is 17.4. The zero-order chi connectivity index (χ0) is 14.0. The summed E-state index contributed by atoms with van der Waals surface area (Å²) in [5.41, 5.74) is 0.402. The van der Waals surface area contributed by atoms with Crippen molar-refractivity contribution in [1.29, 1.82) is 0 Å². The molecule has 0 radical (unpaired) electrons. The zero-order valence-corrected chi connectivity index (χ0v) is 11.8. The lowest BCUT2D eigenvalue weighted by atomic mass is 10.2. The quantitative estimate of drug-likeness (QED) is 0.868. The summed E-state index contributed by atoms with van der Waals surface area (Å²) in [5, 5.41) is 0. The lowest BCUT2D eigenvalue weighted by molar-refractivity contribution is 0.167. The van der Waals surface area contributed by atoms with E-state index in [0.29, 0.717) is 18.1 Å². The molecule has 1 aromatic rings. The van der Waals surface area contributed by atoms with Crippen LogP contribution in [0.1, 0.15) is 18.4 Å². The Morgan fingerprint density at radius 3 is 2.68 bits per heavy atom. The van der Waals surface area contributed by atoms with Gasteiger partial charge in [0.2, 0.25) is 10.0 Å². The third-order valence-electron chi connectivity index (χ3n) is 3.27. The van der Waals surface area contributed by atoms with E-state index in [9.17, 15) is 12.8 Å². The minimum Gasteiger partial charge on any atom is -0.383 e. The monoisotopic (exact) mass is 287 g/mol. The van der Waals surface area contributed by atoms with Gasteiger partial charge in [-0.1, -0.05) is 0 Å². The van der Waals surface area contributed by atoms with Crippen LogP contribution in [0, 0.1) is 18.7 Å². The van der Waals surface area contributed by atoms with Gasteiger partial charge in [0.1, 0.15) is 5.82 Å². The number of ether oxygens (including phenoxy) is 1. The molecule has 1 aromatic carbocycles. The highest BCUT2D eigenvalue weighted by molar-refractivity contribution is 7.89. The summed E-state index contributed by atoms with van der Waals surface area (Å²) < 4.78 is 45.3. The average molecular weight is 287 g/mol. The predicted molar refractivity (Wildman–Crippen MR) is 69.8 cm³/mol. The van der Waals surface area contributed by atoms with Crippen molar-refractivity contribution >= 4 is 10.0 Å². The summed E-state index contributed by atoms with van der Waals surface area (Å²) in [7, 11) is -2.08. The number of nitrogens with one attached hydrogen (secondary N) is 1. The number of aryl methyl sites for hydroxylation is 1. The van der Waals surface area contributed by atoms with Gasteiger partial charge in [0.15, 0.2) is 0 Å². The van der Waals surface area contributed by atoms with Crippen LogP contribution in [0.4, 0.5) is 4.39 Å². The summed E-state index contributed by atoms with van der Waals surface area (Å²) in [6, 6.07) is 3.46. The molecule has 1 aliphatic carbocycles. The smallest absolute Gasteiger partial charge is 0.241 e. The predicted octanol–water partition coefficient (Wildman–Crippen LogP) is 1.84. The largest absolute Gasteiger partial charge is 0.383 e. The van der Waals surface area contributed by atoms with E-state index < -0.39 is 15.8 Å². The Hall–Kier alpha value is -0.980. The Morgan fingerprint density at radius 1 is 1.47 bits per heavy atom. The van der Waals surface area contributed by atoms with Crippen molar-refractivity contribution < 1.29 is 17.5 Å². The number of halogens is 1. The van der Waals surface area contributed by atoms with Crippen molar-refractivity contribution in [3.8, 4) is 0 Å². The maximum absolute atomic E-state index is 13.0. The molecule has 1 fully saturated rings. The van der Waals surface area contributed by atoms with Crippen molar-refractivity contribution in [3.63, 3.8) is 0 Å². The molecule has 0 bridgehead atoms. The van der Waals surface area contributed by atoms with Crippen LogP contribution in [0.3, 0.4) is 0 Å². The Bertz CT molecular complexity index is 555. The second-order valence-electron chi connectivity index (χ2n) is 4.93. The molecule has 2 rings (SSSR count). The topological polar surface area (TPSA) is 55.4 Å². The van der Waals surface area contributed by atoms with Crippen LogP contribution in [-0.4, -0.2) is 28.2 Å². The van der Waals surface area contributed by atoms with E-state index in [1.165, 1.54) is 12.1 Å². The summed E-state index contributed by atoms with van der Waals surface area (Å²) in [6.07, 6.45) is 2.03. The standard InChI is InChI=1S/C13H18FNO3S/c1-9-7-11(14)5-6-13(9)19(16,17)15-12(8-18-2)10-3-4-10/h5-7,10,12,15H,3-4,8H2,1-2H3. The van der Waals surface area contributed by atoms with Gasteiger partial charge in [0, 0.05) is 13.2 Å². The van der Waals surface area contributed by atoms with Crippen LogP contribution in [0.25, 0.3) is 0 Å². The second kappa shape index (κ2) is 5.56. The van der Waals surface area contributed by atoms with Crippen molar-refractivity contribution in [2.24, 2.45) is 5.92 Å². The molecule has 0 amide bonds. The third-order valence-corrected chi connectivity index (χ3v) is 4.92. The van der Waals surface area contributed by atoms with Gasteiger partial charge in [-0.05, 0) is 49.4 Å². The van der Waals surface area contributed by atoms with E-state index in [4.69, 9.17) is 4.74 Å². The molecule has 1 atom stereocenters. The SMILES string of the molecule is COCC(NS(=O)(=O)c1ccc(F)cc1C)C1CC1. The molecule has 1 saturated carbocycles. The van der Waals surface area contributed by atoms with E-state index in [1.54, 1.807) is 14.0 Å². The van der Waals surface area contributed by atoms with E-state index in [-0.39, 0.29) is 10.9 Å². The highest BCUT2D eigenvalue weighted by Crippen LogP contribution is 2.33. The van der Waals surface area contributed by atoms with E-state index in [1.807, 2.05) is 0 Å². The minimum atomic E-state index is -3.63. The molecule has 0 spiro atoms. The first-order chi connectivity index (χ1) is 8.94. The van der Waals surface area contributed by atoms with Crippen LogP contribution < -0.4 is 4.72 Å². The highest BCUT2D eigenvalue weighted by Gasteiger charge is 2.34. The van der Waals surface area contributed by atoms with Gasteiger partial charge in [-0.3, -0.25) is 0 Å². The Balaban J connectivity index is 2.21. The number of methoxy groups -OCH3 is 1. The van der Waals surface area contributed by atoms with Crippen LogP contribution in [0.5, 0.6) is 0 Å². The molecule has 106 valence electrons. The van der Waals surface area contributed by atoms with Gasteiger partial charge in [0.05, 0.1) is 11.5 Å². The summed E-state index contributed by atoms with van der Waals surface area (Å²) in [5.74, 6) is -0.0948. The van der Waals surface area contributed by atoms with Gasteiger partial charge >= 0.3 is 0 Å². The van der Waals surface area contributed by atoms with Crippen molar-refractivity contribution in [2.75, 3.05) is 13.7 Å². The molecule has 0 aliphatic heterocycles. The van der Waals surface area contributed by atoms with Crippen molar-refractivity contribution in [3.05, 3.63) is 29.6 Å². The van der Waals surface area contributed by atoms with E-state index in [0.717, 1.165) is 18.9 Å². The van der Waals surface area contributed by atoms with Gasteiger partial charge in [-0.15, -0.1) is 0 Å². The van der Waals surface area contributed by atoms with Gasteiger partial charge in [0.25, 0.3) is 0 Å². The second-order valence-corrected chi connectivity index (χ2v) is 6.61. The maximum Gasteiger partial charge on any atom is 0.241 e. The molecule has 1 unspecified atom stereocenters. The Kier molecular flexibility index (Phi) is 4.23. The molecule has 19 heavy (non-hydrogen) atoms. The molecule has 1 aliphatic rings. The van der Waals surface area contributed by atoms with Crippen LogP contribution in [0.15, 0.2) is 23.1 Å². The number of sulfonamides is 1. The zero-order valence-electron chi connectivity index (χ0n) is 11.0. The Labute approximate surface area is 113 Å². The highest BCUT2D eigenvalue weighted by atomic mass is 32.2. The molecule has 0 heterocycles. The summed E-state index contributed by atoms with van der Waals surface area (Å²) in [6.45, 7) is 1.93. The lowest BCUT2D eigenvalue weighted by Gasteiger charge is -2.18. The van der Waals surface area contributed by atoms with Crippen molar-refractivity contribution in [2.45, 2.75) is 30.7 Å². The van der Waals surface area contributed by atoms with Crippen LogP contribution in [0.2, 0.25) is 0 Å². The third kappa shape index (κ3) is 3.52. The average Bonchev–Trinajstić information content (AvgIpc) is 3.11. The first kappa shape index (κ1) is 14.4. The summed E-state index contributed by atoms with van der Waals surface area (Å²) >= 11 is 0. The van der Waals surface area contributed by atoms with E-state index >= 15 is 0 Å². The molecule has 0 saturated heterocycles. The molecule has 1 N–H and O–H groups in total. The molecular formula is C13H18FNO3S. The molecule has 0 aromatic heterocycles. The van der Waals surface area contributed by atoms with Gasteiger partial charge in [-0.2, -0.15) is 0 Å². The van der Waals surface area contributed by atoms with Gasteiger partial charge < -0.3 is 4.74 Å². The first-order valence-corrected chi connectivity index (χ1v) is 7.70. The lowest BCUT2D eigenvalue weighted by Crippen LogP contribution is -2.39. The molecule has 6 heteroatoms. The number of benzene rings is 1. The molecular weight excluding hydrogens is 269 g/mol. The minimum absolute atomic E-state index is 0.121. The first-order valence-electron chi connectivity index (χ1n) is 6.21. The fraction of sp³-hybridized carbons (Fsp3) is 0.538. The number of hydrogen-bond donors (Lipinski definition) is 1. The number of rotatable bonds is 6. The maximum atomic E-state index is 13.0. The van der Waals surface area contributed by atoms with Crippen molar-refractivity contribution in [1.82, 2.24) is 4.72 Å². The van der Waals surface area contributed by atoms with Gasteiger partial charge in [-0.25, -0.2) is 17.5 Å². The Morgan fingerprint density at radius 2 is 2.16 bits per heavy atom. The summed E-state index contributed by atoms with van der Waals surface area (Å²) in [4.78, 5) is 0.121. The fourth-order valence-corrected chi connectivity index (χ4v) is 3.64. The number of hydrogen-bond acceptors (Lipinski definition) is 3. The molecule has 4 nitrogen and oxygen atoms in total. The van der Waals surface area contributed by atoms with E-state index in [2.05, 4.69) is 4.72 Å². The van der Waals surface area contributed by atoms with Crippen LogP contribution >= 0.6 is 0 Å². The van der Waals surface area contributed by atoms with Crippen LogP contribution in [-0.2, 0) is 14.8 Å². The fourth-order valence-electron chi connectivity index (χ4n) is 2.12.